The Labute approximate surface area is 210 Å². The zero-order chi connectivity index (χ0) is 23.8. The van der Waals surface area contributed by atoms with Gasteiger partial charge in [-0.25, -0.2) is 0 Å². The molecule has 0 aromatic heterocycles. The number of unbranched alkanes of at least 4 members (excludes halogenated alkanes) is 21. The van der Waals surface area contributed by atoms with Gasteiger partial charge in [-0.1, -0.05) is 156 Å². The molecule has 0 aliphatic heterocycles. The Morgan fingerprint density at radius 2 is 0.594 bits per heavy atom. The summed E-state index contributed by atoms with van der Waals surface area (Å²) in [6.45, 7) is 8.80. The first-order valence-corrected chi connectivity index (χ1v) is 15.5. The minimum atomic E-state index is 0.842. The Bertz CT molecular complexity index is 256. The highest BCUT2D eigenvalue weighted by molar-refractivity contribution is 6.17. The predicted molar refractivity (Wildman–Crippen MR) is 149 cm³/mol. The van der Waals surface area contributed by atoms with E-state index in [1.807, 2.05) is 0 Å². The van der Waals surface area contributed by atoms with Gasteiger partial charge in [0, 0.05) is 19.1 Å². The first-order valence-electron chi connectivity index (χ1n) is 15.0. The van der Waals surface area contributed by atoms with Crippen LogP contribution in [0.3, 0.4) is 0 Å². The highest BCUT2D eigenvalue weighted by Crippen LogP contribution is 2.10. The highest BCUT2D eigenvalue weighted by Gasteiger charge is 1.94. The zero-order valence-electron chi connectivity index (χ0n) is 22.9. The summed E-state index contributed by atoms with van der Waals surface area (Å²) in [7, 11) is 0. The molecule has 0 amide bonds. The van der Waals surface area contributed by atoms with Gasteiger partial charge in [0.2, 0.25) is 0 Å². The predicted octanol–water partition coefficient (Wildman–Crippen LogP) is 11.7. The third kappa shape index (κ3) is 37.6. The molecule has 0 saturated heterocycles. The van der Waals surface area contributed by atoms with E-state index in [0.717, 1.165) is 19.1 Å². The molecule has 32 heavy (non-hydrogen) atoms. The standard InChI is InChI=1S/C20H42O.C10H21Cl/c1-3-5-7-9-11-13-15-17-19-21-20-18-16-14-12-10-8-6-4-2;1-2-3-4-5-6-7-8-9-10-11/h3-20H2,1-2H3;2-10H2,1H3. The summed E-state index contributed by atoms with van der Waals surface area (Å²) in [5.41, 5.74) is 0. The van der Waals surface area contributed by atoms with Gasteiger partial charge in [-0.2, -0.15) is 0 Å². The van der Waals surface area contributed by atoms with Gasteiger partial charge >= 0.3 is 0 Å². The summed E-state index contributed by atoms with van der Waals surface area (Å²) in [6, 6.07) is 0. The first kappa shape index (κ1) is 34.4. The molecule has 0 heterocycles. The third-order valence-electron chi connectivity index (χ3n) is 6.27. The molecule has 0 atom stereocenters. The summed E-state index contributed by atoms with van der Waals surface area (Å²) in [6.07, 6.45) is 33.2. The van der Waals surface area contributed by atoms with Crippen molar-refractivity contribution in [1.82, 2.24) is 0 Å². The number of hydrogen-bond donors (Lipinski definition) is 0. The molecule has 0 aromatic carbocycles. The molecular formula is C30H63ClO. The molecule has 0 saturated carbocycles. The van der Waals surface area contributed by atoms with Crippen molar-refractivity contribution in [3.05, 3.63) is 0 Å². The third-order valence-corrected chi connectivity index (χ3v) is 6.54. The average molecular weight is 475 g/mol. The van der Waals surface area contributed by atoms with Crippen LogP contribution >= 0.6 is 11.6 Å². The fourth-order valence-electron chi connectivity index (χ4n) is 4.01. The van der Waals surface area contributed by atoms with E-state index in [4.69, 9.17) is 16.3 Å². The van der Waals surface area contributed by atoms with Crippen molar-refractivity contribution in [3.8, 4) is 0 Å². The summed E-state index contributed by atoms with van der Waals surface area (Å²) in [5.74, 6) is 0.842. The topological polar surface area (TPSA) is 9.23 Å². The SMILES string of the molecule is CCCCCCCCCCCl.CCCCCCCCCCOCCCCCCCCCC. The van der Waals surface area contributed by atoms with Gasteiger partial charge in [0.25, 0.3) is 0 Å². The second kappa shape index (κ2) is 35.8. The van der Waals surface area contributed by atoms with Crippen LogP contribution in [0.15, 0.2) is 0 Å². The van der Waals surface area contributed by atoms with E-state index < -0.39 is 0 Å². The van der Waals surface area contributed by atoms with Crippen molar-refractivity contribution in [3.63, 3.8) is 0 Å². The molecular weight excluding hydrogens is 412 g/mol. The maximum atomic E-state index is 5.72. The largest absolute Gasteiger partial charge is 0.381 e. The van der Waals surface area contributed by atoms with Gasteiger partial charge in [0.1, 0.15) is 0 Å². The smallest absolute Gasteiger partial charge is 0.0466 e. The average Bonchev–Trinajstić information content (AvgIpc) is 2.81. The molecule has 0 fully saturated rings. The van der Waals surface area contributed by atoms with E-state index in [0.29, 0.717) is 0 Å². The lowest BCUT2D eigenvalue weighted by Crippen LogP contribution is -1.97. The molecule has 2 heteroatoms. The van der Waals surface area contributed by atoms with E-state index in [2.05, 4.69) is 20.8 Å². The molecule has 0 N–H and O–H groups in total. The van der Waals surface area contributed by atoms with Crippen molar-refractivity contribution in [2.75, 3.05) is 19.1 Å². The minimum Gasteiger partial charge on any atom is -0.381 e. The fraction of sp³-hybridized carbons (Fsp3) is 1.00. The Kier molecular flexibility index (Phi) is 38.5. The van der Waals surface area contributed by atoms with Crippen molar-refractivity contribution < 1.29 is 4.74 Å². The van der Waals surface area contributed by atoms with Gasteiger partial charge in [-0.3, -0.25) is 0 Å². The molecule has 0 unspecified atom stereocenters. The molecule has 196 valence electrons. The second-order valence-corrected chi connectivity index (χ2v) is 10.1. The van der Waals surface area contributed by atoms with Crippen molar-refractivity contribution in [2.45, 2.75) is 175 Å². The Morgan fingerprint density at radius 1 is 0.344 bits per heavy atom. The molecule has 0 aliphatic rings. The highest BCUT2D eigenvalue weighted by atomic mass is 35.5. The van der Waals surface area contributed by atoms with Crippen LogP contribution < -0.4 is 0 Å². The Morgan fingerprint density at radius 3 is 0.875 bits per heavy atom. The number of rotatable bonds is 26. The van der Waals surface area contributed by atoms with Crippen molar-refractivity contribution >= 4 is 11.6 Å². The molecule has 0 aromatic rings. The van der Waals surface area contributed by atoms with E-state index in [1.165, 1.54) is 154 Å². The summed E-state index contributed by atoms with van der Waals surface area (Å²) < 4.78 is 5.72. The molecule has 0 spiro atoms. The first-order chi connectivity index (χ1) is 15.8. The zero-order valence-corrected chi connectivity index (χ0v) is 23.6. The number of ether oxygens (including phenoxy) is 1. The molecule has 0 radical (unpaired) electrons. The van der Waals surface area contributed by atoms with Crippen LogP contribution in [0.4, 0.5) is 0 Å². The van der Waals surface area contributed by atoms with Gasteiger partial charge < -0.3 is 4.74 Å². The van der Waals surface area contributed by atoms with Crippen LogP contribution in [0.25, 0.3) is 0 Å². The maximum absolute atomic E-state index is 5.72. The van der Waals surface area contributed by atoms with Crippen LogP contribution in [-0.4, -0.2) is 19.1 Å². The van der Waals surface area contributed by atoms with E-state index in [9.17, 15) is 0 Å². The minimum absolute atomic E-state index is 0.842. The number of alkyl halides is 1. The van der Waals surface area contributed by atoms with Gasteiger partial charge in [-0.15, -0.1) is 11.6 Å². The molecule has 0 bridgehead atoms. The lowest BCUT2D eigenvalue weighted by atomic mass is 10.1. The van der Waals surface area contributed by atoms with Crippen molar-refractivity contribution in [2.24, 2.45) is 0 Å². The fourth-order valence-corrected chi connectivity index (χ4v) is 4.20. The number of hydrogen-bond acceptors (Lipinski definition) is 1. The number of halogens is 1. The Hall–Kier alpha value is 0.250. The maximum Gasteiger partial charge on any atom is 0.0466 e. The lowest BCUT2D eigenvalue weighted by molar-refractivity contribution is 0.125. The van der Waals surface area contributed by atoms with Crippen LogP contribution in [0, 0.1) is 0 Å². The molecule has 0 rings (SSSR count). The van der Waals surface area contributed by atoms with Gasteiger partial charge in [-0.05, 0) is 19.3 Å². The summed E-state index contributed by atoms with van der Waals surface area (Å²) in [5, 5.41) is 0. The van der Waals surface area contributed by atoms with Gasteiger partial charge in [0.05, 0.1) is 0 Å². The van der Waals surface area contributed by atoms with Crippen LogP contribution in [0.5, 0.6) is 0 Å². The van der Waals surface area contributed by atoms with Crippen LogP contribution in [-0.2, 0) is 4.74 Å². The monoisotopic (exact) mass is 474 g/mol. The Balaban J connectivity index is 0. The molecule has 1 nitrogen and oxygen atoms in total. The van der Waals surface area contributed by atoms with Crippen LogP contribution in [0.2, 0.25) is 0 Å². The second-order valence-electron chi connectivity index (χ2n) is 9.73. The van der Waals surface area contributed by atoms with Gasteiger partial charge in [0.15, 0.2) is 0 Å². The van der Waals surface area contributed by atoms with E-state index in [-0.39, 0.29) is 0 Å². The lowest BCUT2D eigenvalue weighted by Gasteiger charge is -2.05. The summed E-state index contributed by atoms with van der Waals surface area (Å²) in [4.78, 5) is 0. The summed E-state index contributed by atoms with van der Waals surface area (Å²) >= 11 is 5.56. The quantitative estimate of drug-likeness (QED) is 0.0893. The normalized spacial score (nSPS) is 10.9. The van der Waals surface area contributed by atoms with Crippen molar-refractivity contribution in [1.29, 1.82) is 0 Å². The van der Waals surface area contributed by atoms with Crippen LogP contribution in [0.1, 0.15) is 175 Å². The van der Waals surface area contributed by atoms with E-state index >= 15 is 0 Å². The molecule has 0 aliphatic carbocycles. The van der Waals surface area contributed by atoms with E-state index in [1.54, 1.807) is 0 Å².